The lowest BCUT2D eigenvalue weighted by molar-refractivity contribution is 0.0665. The number of rotatable bonds is 4. The highest BCUT2D eigenvalue weighted by molar-refractivity contribution is 5.94. The predicted molar refractivity (Wildman–Crippen MR) is 107 cm³/mol. The van der Waals surface area contributed by atoms with Gasteiger partial charge in [0.2, 0.25) is 0 Å². The van der Waals surface area contributed by atoms with Crippen molar-refractivity contribution in [3.05, 3.63) is 52.9 Å². The Morgan fingerprint density at radius 2 is 2.07 bits per heavy atom. The van der Waals surface area contributed by atoms with Crippen molar-refractivity contribution in [3.8, 4) is 0 Å². The lowest BCUT2D eigenvalue weighted by Gasteiger charge is -2.37. The normalized spacial score (nSPS) is 19.6. The Kier molecular flexibility index (Phi) is 5.44. The van der Waals surface area contributed by atoms with E-state index in [9.17, 15) is 13.6 Å². The standard InChI is InChI=1S/C21H24F2N6O/c1-4-15-8-14(7-13(3)26-15)20(30)28-6-5-12(2)16(10-28)18-9-17(19(22)23)27-21-24-11-25-29(18)21/h7-9,11-12,16,19H,4-6,10H2,1-3H3/t12?,16-/m1/s1. The maximum Gasteiger partial charge on any atom is 0.280 e. The molecular weight excluding hydrogens is 390 g/mol. The number of nitrogens with zero attached hydrogens (tertiary/aromatic N) is 6. The fraction of sp³-hybridized carbons (Fsp3) is 0.476. The first-order valence-electron chi connectivity index (χ1n) is 10.1. The maximum atomic E-state index is 13.4. The van der Waals surface area contributed by atoms with Crippen LogP contribution in [0.4, 0.5) is 8.78 Å². The van der Waals surface area contributed by atoms with Gasteiger partial charge in [-0.3, -0.25) is 9.78 Å². The number of piperidine rings is 1. The third-order valence-corrected chi connectivity index (χ3v) is 5.76. The van der Waals surface area contributed by atoms with Crippen LogP contribution in [0.3, 0.4) is 0 Å². The molecule has 0 spiro atoms. The van der Waals surface area contributed by atoms with Gasteiger partial charge < -0.3 is 4.90 Å². The Bertz CT molecular complexity index is 1080. The van der Waals surface area contributed by atoms with Gasteiger partial charge in [-0.2, -0.15) is 10.1 Å². The van der Waals surface area contributed by atoms with E-state index in [1.807, 2.05) is 19.9 Å². The number of carbonyl (C=O) groups is 1. The van der Waals surface area contributed by atoms with Gasteiger partial charge in [0, 0.05) is 36.0 Å². The number of amides is 1. The number of fused-ring (bicyclic) bond motifs is 1. The molecule has 3 aromatic rings. The van der Waals surface area contributed by atoms with Crippen molar-refractivity contribution >= 4 is 11.7 Å². The molecule has 1 fully saturated rings. The van der Waals surface area contributed by atoms with Crippen LogP contribution in [-0.2, 0) is 6.42 Å². The van der Waals surface area contributed by atoms with E-state index >= 15 is 0 Å². The van der Waals surface area contributed by atoms with Crippen molar-refractivity contribution in [1.29, 1.82) is 0 Å². The highest BCUT2D eigenvalue weighted by Crippen LogP contribution is 2.34. The molecule has 0 bridgehead atoms. The minimum Gasteiger partial charge on any atom is -0.338 e. The average Bonchev–Trinajstić information content (AvgIpc) is 3.21. The summed E-state index contributed by atoms with van der Waals surface area (Å²) in [6.45, 7) is 6.99. The molecule has 0 saturated carbocycles. The molecule has 7 nitrogen and oxygen atoms in total. The van der Waals surface area contributed by atoms with Gasteiger partial charge in [-0.1, -0.05) is 13.8 Å². The van der Waals surface area contributed by atoms with Crippen LogP contribution in [0, 0.1) is 12.8 Å². The fourth-order valence-electron chi connectivity index (χ4n) is 4.09. The number of aryl methyl sites for hydroxylation is 2. The lowest BCUT2D eigenvalue weighted by atomic mass is 9.84. The summed E-state index contributed by atoms with van der Waals surface area (Å²) in [6, 6.07) is 5.03. The van der Waals surface area contributed by atoms with E-state index in [0.717, 1.165) is 24.2 Å². The van der Waals surface area contributed by atoms with Crippen molar-refractivity contribution in [3.63, 3.8) is 0 Å². The van der Waals surface area contributed by atoms with Gasteiger partial charge in [0.15, 0.2) is 0 Å². The summed E-state index contributed by atoms with van der Waals surface area (Å²) >= 11 is 0. The second-order valence-corrected chi connectivity index (χ2v) is 7.84. The number of likely N-dealkylation sites (tertiary alicyclic amines) is 1. The number of aromatic nitrogens is 5. The topological polar surface area (TPSA) is 76.3 Å². The monoisotopic (exact) mass is 414 g/mol. The van der Waals surface area contributed by atoms with Crippen molar-refractivity contribution in [1.82, 2.24) is 29.5 Å². The first-order valence-corrected chi connectivity index (χ1v) is 10.1. The van der Waals surface area contributed by atoms with Gasteiger partial charge in [0.05, 0.1) is 5.69 Å². The summed E-state index contributed by atoms with van der Waals surface area (Å²) in [6.07, 6.45) is 0.126. The molecule has 1 aliphatic heterocycles. The van der Waals surface area contributed by atoms with Gasteiger partial charge in [0.25, 0.3) is 18.1 Å². The van der Waals surface area contributed by atoms with E-state index < -0.39 is 6.43 Å². The molecule has 9 heteroatoms. The minimum atomic E-state index is -2.70. The Morgan fingerprint density at radius 3 is 2.80 bits per heavy atom. The predicted octanol–water partition coefficient (Wildman–Crippen LogP) is 3.59. The summed E-state index contributed by atoms with van der Waals surface area (Å²) in [7, 11) is 0. The van der Waals surface area contributed by atoms with Crippen molar-refractivity contribution in [2.75, 3.05) is 13.1 Å². The molecule has 4 rings (SSSR count). The molecule has 158 valence electrons. The summed E-state index contributed by atoms with van der Waals surface area (Å²) in [4.78, 5) is 27.4. The molecule has 1 unspecified atom stereocenters. The van der Waals surface area contributed by atoms with Crippen LogP contribution >= 0.6 is 0 Å². The van der Waals surface area contributed by atoms with Gasteiger partial charge in [0.1, 0.15) is 12.0 Å². The second-order valence-electron chi connectivity index (χ2n) is 7.84. The third-order valence-electron chi connectivity index (χ3n) is 5.76. The summed E-state index contributed by atoms with van der Waals surface area (Å²) < 4.78 is 28.3. The van der Waals surface area contributed by atoms with Crippen LogP contribution in [0.15, 0.2) is 24.5 Å². The quantitative estimate of drug-likeness (QED) is 0.652. The molecule has 1 saturated heterocycles. The number of hydrogen-bond donors (Lipinski definition) is 0. The van der Waals surface area contributed by atoms with Crippen LogP contribution in [0.2, 0.25) is 0 Å². The minimum absolute atomic E-state index is 0.0647. The smallest absolute Gasteiger partial charge is 0.280 e. The zero-order chi connectivity index (χ0) is 21.4. The molecule has 3 aromatic heterocycles. The Balaban J connectivity index is 1.68. The highest BCUT2D eigenvalue weighted by atomic mass is 19.3. The molecule has 1 aliphatic rings. The SMILES string of the molecule is CCc1cc(C(=O)N2CCC(C)[C@H](c3cc(C(F)F)nc4ncnn34)C2)cc(C)n1. The fourth-order valence-corrected chi connectivity index (χ4v) is 4.09. The van der Waals surface area contributed by atoms with Crippen LogP contribution in [0.5, 0.6) is 0 Å². The number of alkyl halides is 2. The van der Waals surface area contributed by atoms with Crippen LogP contribution in [-0.4, -0.2) is 48.5 Å². The van der Waals surface area contributed by atoms with E-state index in [2.05, 4.69) is 27.0 Å². The van der Waals surface area contributed by atoms with Gasteiger partial charge in [-0.15, -0.1) is 0 Å². The molecule has 2 atom stereocenters. The molecular formula is C21H24F2N6O. The average molecular weight is 414 g/mol. The molecule has 0 aromatic carbocycles. The Morgan fingerprint density at radius 1 is 1.27 bits per heavy atom. The van der Waals surface area contributed by atoms with Crippen LogP contribution in [0.1, 0.15) is 65.7 Å². The number of pyridine rings is 1. The zero-order valence-electron chi connectivity index (χ0n) is 17.2. The van der Waals surface area contributed by atoms with Crippen molar-refractivity contribution in [2.24, 2.45) is 5.92 Å². The number of carbonyl (C=O) groups excluding carboxylic acids is 1. The van der Waals surface area contributed by atoms with Gasteiger partial charge in [-0.05, 0) is 43.9 Å². The van der Waals surface area contributed by atoms with E-state index in [4.69, 9.17) is 0 Å². The zero-order valence-corrected chi connectivity index (χ0v) is 17.2. The maximum absolute atomic E-state index is 13.4. The Hall–Kier alpha value is -2.97. The van der Waals surface area contributed by atoms with Crippen LogP contribution in [0.25, 0.3) is 5.78 Å². The van der Waals surface area contributed by atoms with Gasteiger partial charge >= 0.3 is 0 Å². The van der Waals surface area contributed by atoms with Crippen LogP contribution < -0.4 is 0 Å². The number of hydrogen-bond acceptors (Lipinski definition) is 5. The van der Waals surface area contributed by atoms with E-state index in [0.29, 0.717) is 24.3 Å². The summed E-state index contributed by atoms with van der Waals surface area (Å²) in [5, 5.41) is 4.18. The summed E-state index contributed by atoms with van der Waals surface area (Å²) in [5.74, 6) is 0.126. The molecule has 0 N–H and O–H groups in total. The summed E-state index contributed by atoms with van der Waals surface area (Å²) in [5.41, 5.74) is 2.58. The molecule has 1 amide bonds. The highest BCUT2D eigenvalue weighted by Gasteiger charge is 2.33. The molecule has 30 heavy (non-hydrogen) atoms. The Labute approximate surface area is 173 Å². The van der Waals surface area contributed by atoms with Gasteiger partial charge in [-0.25, -0.2) is 18.3 Å². The van der Waals surface area contributed by atoms with E-state index in [-0.39, 0.29) is 29.2 Å². The second kappa shape index (κ2) is 8.04. The molecule has 0 aliphatic carbocycles. The molecule has 0 radical (unpaired) electrons. The van der Waals surface area contributed by atoms with Crippen molar-refractivity contribution < 1.29 is 13.6 Å². The lowest BCUT2D eigenvalue weighted by Crippen LogP contribution is -2.42. The largest absolute Gasteiger partial charge is 0.338 e. The third kappa shape index (κ3) is 3.76. The first-order chi connectivity index (χ1) is 14.4. The van der Waals surface area contributed by atoms with Crippen molar-refractivity contribution in [2.45, 2.75) is 46.0 Å². The number of halogens is 2. The van der Waals surface area contributed by atoms with E-state index in [1.165, 1.54) is 16.9 Å². The molecule has 4 heterocycles. The first kappa shape index (κ1) is 20.3. The van der Waals surface area contributed by atoms with E-state index in [1.54, 1.807) is 11.0 Å².